The summed E-state index contributed by atoms with van der Waals surface area (Å²) in [5, 5.41) is 10.9. The second-order valence-corrected chi connectivity index (χ2v) is 5.36. The Bertz CT molecular complexity index is 591. The van der Waals surface area contributed by atoms with Crippen molar-refractivity contribution >= 4 is 6.29 Å². The summed E-state index contributed by atoms with van der Waals surface area (Å²) in [6.45, 7) is 2.12. The summed E-state index contributed by atoms with van der Waals surface area (Å²) in [6, 6.07) is 0. The standard InChI is InChI=1S/C22H29NO3/c1-2-3-4-5-6-7-8-9-10-11-12-13-16-19-22(23(25)26)20-17-14-15-18-21-24/h3-4,6-7,9-14,16-17,19,21H,2,5,8,15,18,20H2,1H3/b4-3+,7-6+,10-9+,12-11+,16-13+,17-14+,22-19-. The molecule has 0 spiro atoms. The zero-order valence-electron chi connectivity index (χ0n) is 15.5. The Morgan fingerprint density at radius 1 is 0.808 bits per heavy atom. The number of hydrogen-bond donors (Lipinski definition) is 0. The first-order valence-corrected chi connectivity index (χ1v) is 8.94. The van der Waals surface area contributed by atoms with Crippen molar-refractivity contribution in [3.05, 3.63) is 94.8 Å². The lowest BCUT2D eigenvalue weighted by Crippen LogP contribution is -1.96. The van der Waals surface area contributed by atoms with Gasteiger partial charge in [0, 0.05) is 12.5 Å². The number of hydrogen-bond acceptors (Lipinski definition) is 3. The van der Waals surface area contributed by atoms with Gasteiger partial charge in [-0.15, -0.1) is 0 Å². The maximum Gasteiger partial charge on any atom is 0.249 e. The molecule has 0 aromatic rings. The number of nitro groups is 1. The van der Waals surface area contributed by atoms with Crippen molar-refractivity contribution in [2.24, 2.45) is 0 Å². The first kappa shape index (κ1) is 23.2. The number of allylic oxidation sites excluding steroid dienone is 13. The Kier molecular flexibility index (Phi) is 16.6. The zero-order valence-corrected chi connectivity index (χ0v) is 15.5. The van der Waals surface area contributed by atoms with E-state index in [1.54, 1.807) is 24.3 Å². The van der Waals surface area contributed by atoms with E-state index in [4.69, 9.17) is 0 Å². The number of carbonyl (C=O) groups is 1. The van der Waals surface area contributed by atoms with Crippen molar-refractivity contribution in [1.29, 1.82) is 0 Å². The third kappa shape index (κ3) is 16.1. The SMILES string of the molecule is CC/C=C/C/C=C/C/C=C/C=C/C=C/C=C(/C/C=C/CCC=O)[N+](=O)[O-]. The van der Waals surface area contributed by atoms with Gasteiger partial charge in [0.2, 0.25) is 5.70 Å². The van der Waals surface area contributed by atoms with Gasteiger partial charge in [0.05, 0.1) is 11.3 Å². The third-order valence-electron chi connectivity index (χ3n) is 3.16. The lowest BCUT2D eigenvalue weighted by molar-refractivity contribution is -0.426. The minimum Gasteiger partial charge on any atom is -0.303 e. The molecule has 4 nitrogen and oxygen atoms in total. The van der Waals surface area contributed by atoms with Crippen molar-refractivity contribution in [3.8, 4) is 0 Å². The lowest BCUT2D eigenvalue weighted by atomic mass is 10.2. The van der Waals surface area contributed by atoms with Crippen molar-refractivity contribution in [2.75, 3.05) is 0 Å². The Hall–Kier alpha value is -2.75. The third-order valence-corrected chi connectivity index (χ3v) is 3.16. The average Bonchev–Trinajstić information content (AvgIpc) is 2.63. The smallest absolute Gasteiger partial charge is 0.249 e. The van der Waals surface area contributed by atoms with Crippen LogP contribution in [0.4, 0.5) is 0 Å². The van der Waals surface area contributed by atoms with Crippen LogP contribution in [0.2, 0.25) is 0 Å². The molecule has 0 heterocycles. The molecule has 0 aromatic carbocycles. The minimum atomic E-state index is -0.389. The Morgan fingerprint density at radius 2 is 1.46 bits per heavy atom. The van der Waals surface area contributed by atoms with Gasteiger partial charge in [-0.2, -0.15) is 0 Å². The Balaban J connectivity index is 4.19. The number of carbonyl (C=O) groups excluding carboxylic acids is 1. The predicted octanol–water partition coefficient (Wildman–Crippen LogP) is 6.04. The van der Waals surface area contributed by atoms with Crippen LogP contribution in [0.1, 0.15) is 45.4 Å². The molecule has 0 N–H and O–H groups in total. The van der Waals surface area contributed by atoms with Gasteiger partial charge in [-0.1, -0.05) is 79.8 Å². The quantitative estimate of drug-likeness (QED) is 0.0952. The fourth-order valence-electron chi connectivity index (χ4n) is 1.82. The summed E-state index contributed by atoms with van der Waals surface area (Å²) in [5.41, 5.74) is 0.120. The molecule has 0 saturated carbocycles. The molecule has 0 amide bonds. The highest BCUT2D eigenvalue weighted by molar-refractivity contribution is 5.49. The van der Waals surface area contributed by atoms with Gasteiger partial charge in [-0.05, 0) is 25.7 Å². The molecule has 140 valence electrons. The molecule has 26 heavy (non-hydrogen) atoms. The van der Waals surface area contributed by atoms with Gasteiger partial charge in [0.15, 0.2) is 0 Å². The van der Waals surface area contributed by atoms with E-state index in [0.29, 0.717) is 12.8 Å². The van der Waals surface area contributed by atoms with Crippen LogP contribution >= 0.6 is 0 Å². The maximum absolute atomic E-state index is 10.9. The summed E-state index contributed by atoms with van der Waals surface area (Å²) in [5.74, 6) is 0. The summed E-state index contributed by atoms with van der Waals surface area (Å²) in [7, 11) is 0. The van der Waals surface area contributed by atoms with Gasteiger partial charge in [-0.25, -0.2) is 0 Å². The van der Waals surface area contributed by atoms with E-state index in [0.717, 1.165) is 25.5 Å². The molecule has 4 heteroatoms. The van der Waals surface area contributed by atoms with Gasteiger partial charge in [-0.3, -0.25) is 10.1 Å². The van der Waals surface area contributed by atoms with Crippen LogP contribution in [-0.4, -0.2) is 11.2 Å². The first-order chi connectivity index (χ1) is 12.7. The van der Waals surface area contributed by atoms with Crippen LogP contribution in [0.5, 0.6) is 0 Å². The molecule has 0 saturated heterocycles. The van der Waals surface area contributed by atoms with Crippen molar-refractivity contribution in [3.63, 3.8) is 0 Å². The van der Waals surface area contributed by atoms with E-state index in [1.165, 1.54) is 6.08 Å². The topological polar surface area (TPSA) is 60.2 Å². The van der Waals surface area contributed by atoms with Crippen LogP contribution in [0.3, 0.4) is 0 Å². The summed E-state index contributed by atoms with van der Waals surface area (Å²) in [4.78, 5) is 20.7. The first-order valence-electron chi connectivity index (χ1n) is 8.94. The molecule has 0 atom stereocenters. The summed E-state index contributed by atoms with van der Waals surface area (Å²) >= 11 is 0. The number of aldehydes is 1. The summed E-state index contributed by atoms with van der Waals surface area (Å²) < 4.78 is 0. The monoisotopic (exact) mass is 355 g/mol. The average molecular weight is 355 g/mol. The molecule has 0 radical (unpaired) electrons. The molecule has 0 aliphatic rings. The molecule has 0 rings (SSSR count). The molecule has 0 unspecified atom stereocenters. The minimum absolute atomic E-state index is 0.120. The molecular weight excluding hydrogens is 326 g/mol. The molecule has 0 bridgehead atoms. The van der Waals surface area contributed by atoms with E-state index in [1.807, 2.05) is 24.3 Å². The van der Waals surface area contributed by atoms with Crippen LogP contribution < -0.4 is 0 Å². The Morgan fingerprint density at radius 3 is 2.15 bits per heavy atom. The predicted molar refractivity (Wildman–Crippen MR) is 109 cm³/mol. The lowest BCUT2D eigenvalue weighted by Gasteiger charge is -1.92. The van der Waals surface area contributed by atoms with Crippen LogP contribution in [0.25, 0.3) is 0 Å². The molecule has 0 fully saturated rings. The fourth-order valence-corrected chi connectivity index (χ4v) is 1.82. The highest BCUT2D eigenvalue weighted by Gasteiger charge is 2.05. The van der Waals surface area contributed by atoms with E-state index >= 15 is 0 Å². The highest BCUT2D eigenvalue weighted by Crippen LogP contribution is 2.05. The number of rotatable bonds is 14. The molecule has 0 aliphatic heterocycles. The van der Waals surface area contributed by atoms with Crippen molar-refractivity contribution < 1.29 is 9.72 Å². The van der Waals surface area contributed by atoms with Crippen LogP contribution in [0.15, 0.2) is 84.7 Å². The van der Waals surface area contributed by atoms with E-state index in [-0.39, 0.29) is 17.0 Å². The van der Waals surface area contributed by atoms with E-state index in [2.05, 4.69) is 31.2 Å². The fraction of sp³-hybridized carbons (Fsp3) is 0.318. The van der Waals surface area contributed by atoms with Gasteiger partial charge >= 0.3 is 0 Å². The summed E-state index contributed by atoms with van der Waals surface area (Å²) in [6.07, 6.45) is 29.8. The number of unbranched alkanes of at least 4 members (excludes halogenated alkanes) is 1. The largest absolute Gasteiger partial charge is 0.303 e. The van der Waals surface area contributed by atoms with Crippen LogP contribution in [0, 0.1) is 10.1 Å². The van der Waals surface area contributed by atoms with E-state index < -0.39 is 0 Å². The second-order valence-electron chi connectivity index (χ2n) is 5.36. The second kappa shape index (κ2) is 18.6. The zero-order chi connectivity index (χ0) is 19.3. The Labute approximate surface area is 156 Å². The van der Waals surface area contributed by atoms with Crippen molar-refractivity contribution in [2.45, 2.75) is 45.4 Å². The molecular formula is C22H29NO3. The van der Waals surface area contributed by atoms with Crippen molar-refractivity contribution in [1.82, 2.24) is 0 Å². The van der Waals surface area contributed by atoms with Gasteiger partial charge in [0.25, 0.3) is 0 Å². The number of nitrogens with zero attached hydrogens (tertiary/aromatic N) is 1. The van der Waals surface area contributed by atoms with E-state index in [9.17, 15) is 14.9 Å². The van der Waals surface area contributed by atoms with Crippen LogP contribution in [-0.2, 0) is 4.79 Å². The maximum atomic E-state index is 10.9. The normalized spacial score (nSPS) is 13.5. The van der Waals surface area contributed by atoms with Gasteiger partial charge in [0.1, 0.15) is 6.29 Å². The molecule has 0 aliphatic carbocycles. The highest BCUT2D eigenvalue weighted by atomic mass is 16.6. The molecule has 0 aromatic heterocycles. The van der Waals surface area contributed by atoms with Gasteiger partial charge < -0.3 is 4.79 Å².